The van der Waals surface area contributed by atoms with Crippen LogP contribution in [-0.2, 0) is 28.2 Å². The van der Waals surface area contributed by atoms with Gasteiger partial charge in [0.15, 0.2) is 0 Å². The lowest BCUT2D eigenvalue weighted by atomic mass is 10.1. The molecule has 0 aromatic carbocycles. The molecular formula is C27H37N3O5S. The Hall–Kier alpha value is -2.78. The molecule has 0 aliphatic carbocycles. The van der Waals surface area contributed by atoms with Gasteiger partial charge in [-0.2, -0.15) is 0 Å². The van der Waals surface area contributed by atoms with Crippen LogP contribution in [0.15, 0.2) is 53.0 Å². The highest BCUT2D eigenvalue weighted by atomic mass is 32.2. The van der Waals surface area contributed by atoms with E-state index in [4.69, 9.17) is 9.15 Å². The van der Waals surface area contributed by atoms with Gasteiger partial charge in [0, 0.05) is 24.9 Å². The van der Waals surface area contributed by atoms with Crippen LogP contribution in [0.2, 0.25) is 0 Å². The second-order valence-corrected chi connectivity index (χ2v) is 10.9. The first-order chi connectivity index (χ1) is 17.2. The monoisotopic (exact) mass is 515 g/mol. The number of amides is 2. The molecule has 3 rings (SSSR count). The Morgan fingerprint density at radius 2 is 2.03 bits per heavy atom. The maximum absolute atomic E-state index is 12.9. The first kappa shape index (κ1) is 27.8. The van der Waals surface area contributed by atoms with E-state index in [1.54, 1.807) is 45.4 Å². The first-order valence-electron chi connectivity index (χ1n) is 12.4. The van der Waals surface area contributed by atoms with Crippen molar-refractivity contribution >= 4 is 23.8 Å². The van der Waals surface area contributed by atoms with Crippen LogP contribution < -0.4 is 0 Å². The number of furan rings is 1. The smallest absolute Gasteiger partial charge is 0.417 e. The molecule has 0 saturated carbocycles. The number of likely N-dealkylation sites (tertiary alicyclic amines) is 1. The van der Waals surface area contributed by atoms with E-state index in [1.807, 2.05) is 18.2 Å². The van der Waals surface area contributed by atoms with Crippen LogP contribution in [0.4, 0.5) is 4.79 Å². The second-order valence-electron chi connectivity index (χ2n) is 9.92. The fourth-order valence-corrected chi connectivity index (χ4v) is 4.64. The molecule has 0 spiro atoms. The Bertz CT molecular complexity index is 1010. The number of carbonyl (C=O) groups excluding carboxylic acids is 2. The number of rotatable bonds is 10. The summed E-state index contributed by atoms with van der Waals surface area (Å²) in [5.41, 5.74) is 1.24. The van der Waals surface area contributed by atoms with Crippen LogP contribution in [0, 0.1) is 0 Å². The van der Waals surface area contributed by atoms with Crippen LogP contribution in [-0.4, -0.2) is 62.9 Å². The van der Waals surface area contributed by atoms with Crippen LogP contribution in [0.1, 0.15) is 57.1 Å². The number of aliphatic hydroxyl groups excluding tert-OH is 1. The number of thioether (sulfide) groups is 1. The van der Waals surface area contributed by atoms with Crippen molar-refractivity contribution in [2.24, 2.45) is 0 Å². The number of ether oxygens (including phenoxy) is 1. The summed E-state index contributed by atoms with van der Waals surface area (Å²) >= 11 is 1.33. The highest BCUT2D eigenvalue weighted by Gasteiger charge is 2.28. The summed E-state index contributed by atoms with van der Waals surface area (Å²) in [6.07, 6.45) is 8.33. The number of imide groups is 1. The summed E-state index contributed by atoms with van der Waals surface area (Å²) in [6, 6.07) is 7.67. The van der Waals surface area contributed by atoms with Crippen molar-refractivity contribution in [3.8, 4) is 0 Å². The number of allylic oxidation sites excluding steroid dienone is 1. The lowest BCUT2D eigenvalue weighted by Crippen LogP contribution is -2.42. The van der Waals surface area contributed by atoms with Crippen molar-refractivity contribution in [1.29, 1.82) is 0 Å². The van der Waals surface area contributed by atoms with E-state index in [9.17, 15) is 14.7 Å². The standard InChI is InChI=1S/C27H37N3O5S/c1-27(2,3)35-26(33)30(25(32)20-36-19-24-8-7-15-34-24)18-23(31)10-9-22-16-21(11-12-28-22)17-29-13-5-4-6-14-29/h7-8,10-12,15-16,31H,4-6,9,13-14,17-20H2,1-3H3/b23-10-. The molecule has 2 amide bonds. The number of piperidine rings is 1. The van der Waals surface area contributed by atoms with E-state index in [2.05, 4.69) is 9.88 Å². The number of aliphatic hydroxyl groups is 1. The SMILES string of the molecule is CC(C)(C)OC(=O)N(C/C(O)=C/Cc1cc(CN2CCCCC2)ccn1)C(=O)CSCc1ccco1. The van der Waals surface area contributed by atoms with Crippen LogP contribution in [0.25, 0.3) is 0 Å². The van der Waals surface area contributed by atoms with Crippen molar-refractivity contribution in [2.45, 2.75) is 64.4 Å². The third-order valence-corrected chi connectivity index (χ3v) is 6.51. The Morgan fingerprint density at radius 1 is 1.25 bits per heavy atom. The van der Waals surface area contributed by atoms with Gasteiger partial charge in [-0.1, -0.05) is 6.42 Å². The molecule has 1 aliphatic rings. The number of pyridine rings is 1. The summed E-state index contributed by atoms with van der Waals surface area (Å²) in [7, 11) is 0. The normalized spacial score (nSPS) is 15.0. The highest BCUT2D eigenvalue weighted by Crippen LogP contribution is 2.17. The van der Waals surface area contributed by atoms with Gasteiger partial charge in [-0.3, -0.25) is 14.7 Å². The molecule has 1 aliphatic heterocycles. The largest absolute Gasteiger partial charge is 0.511 e. The zero-order valence-corrected chi connectivity index (χ0v) is 22.3. The molecule has 36 heavy (non-hydrogen) atoms. The maximum atomic E-state index is 12.9. The van der Waals surface area contributed by atoms with E-state index in [0.717, 1.165) is 36.0 Å². The molecule has 2 aromatic rings. The molecule has 196 valence electrons. The van der Waals surface area contributed by atoms with Crippen molar-refractivity contribution < 1.29 is 23.8 Å². The Kier molecular flexibility index (Phi) is 10.4. The molecule has 8 nitrogen and oxygen atoms in total. The number of hydrogen-bond donors (Lipinski definition) is 1. The number of hydrogen-bond acceptors (Lipinski definition) is 8. The van der Waals surface area contributed by atoms with Gasteiger partial charge < -0.3 is 14.3 Å². The zero-order valence-electron chi connectivity index (χ0n) is 21.4. The van der Waals surface area contributed by atoms with Gasteiger partial charge in [-0.15, -0.1) is 11.8 Å². The summed E-state index contributed by atoms with van der Waals surface area (Å²) in [4.78, 5) is 33.4. The van der Waals surface area contributed by atoms with Gasteiger partial charge in [0.2, 0.25) is 5.91 Å². The molecule has 0 bridgehead atoms. The predicted octanol–water partition coefficient (Wildman–Crippen LogP) is 5.34. The molecule has 3 heterocycles. The fourth-order valence-electron chi connectivity index (χ4n) is 3.85. The fraction of sp³-hybridized carbons (Fsp3) is 0.519. The third-order valence-electron chi connectivity index (χ3n) is 5.57. The van der Waals surface area contributed by atoms with Gasteiger partial charge in [-0.05, 0) is 82.6 Å². The molecule has 0 atom stereocenters. The first-order valence-corrected chi connectivity index (χ1v) is 13.5. The molecule has 0 unspecified atom stereocenters. The Balaban J connectivity index is 1.60. The van der Waals surface area contributed by atoms with E-state index in [1.165, 1.54) is 36.6 Å². The van der Waals surface area contributed by atoms with E-state index in [0.29, 0.717) is 12.2 Å². The lowest BCUT2D eigenvalue weighted by Gasteiger charge is -2.26. The summed E-state index contributed by atoms with van der Waals surface area (Å²) < 4.78 is 10.7. The molecule has 1 fully saturated rings. The summed E-state index contributed by atoms with van der Waals surface area (Å²) in [5.74, 6) is 0.764. The molecule has 9 heteroatoms. The van der Waals surface area contributed by atoms with Gasteiger partial charge in [-0.25, -0.2) is 9.69 Å². The summed E-state index contributed by atoms with van der Waals surface area (Å²) in [5, 5.41) is 10.6. The molecular weight excluding hydrogens is 478 g/mol. The molecule has 0 radical (unpaired) electrons. The van der Waals surface area contributed by atoms with Crippen molar-refractivity contribution in [3.05, 3.63) is 65.6 Å². The number of aromatic nitrogens is 1. The lowest BCUT2D eigenvalue weighted by molar-refractivity contribution is -0.127. The highest BCUT2D eigenvalue weighted by molar-refractivity contribution is 7.99. The maximum Gasteiger partial charge on any atom is 0.417 e. The van der Waals surface area contributed by atoms with Gasteiger partial charge >= 0.3 is 6.09 Å². The van der Waals surface area contributed by atoms with Gasteiger partial charge in [0.1, 0.15) is 17.1 Å². The quantitative estimate of drug-likeness (QED) is 0.424. The average Bonchev–Trinajstić information content (AvgIpc) is 3.34. The molecule has 2 aromatic heterocycles. The van der Waals surface area contributed by atoms with E-state index in [-0.39, 0.29) is 18.1 Å². The average molecular weight is 516 g/mol. The number of nitrogens with zero attached hydrogens (tertiary/aromatic N) is 3. The van der Waals surface area contributed by atoms with E-state index < -0.39 is 17.6 Å². The Labute approximate surface area is 217 Å². The number of carbonyl (C=O) groups is 2. The molecule has 1 saturated heterocycles. The second kappa shape index (κ2) is 13.5. The van der Waals surface area contributed by atoms with Crippen molar-refractivity contribution in [1.82, 2.24) is 14.8 Å². The van der Waals surface area contributed by atoms with Gasteiger partial charge in [0.25, 0.3) is 0 Å². The molecule has 1 N–H and O–H groups in total. The zero-order chi connectivity index (χ0) is 26.0. The minimum absolute atomic E-state index is 0.0489. The minimum atomic E-state index is -0.785. The third kappa shape index (κ3) is 9.70. The predicted molar refractivity (Wildman–Crippen MR) is 141 cm³/mol. The summed E-state index contributed by atoms with van der Waals surface area (Å²) in [6.45, 7) is 8.07. The minimum Gasteiger partial charge on any atom is -0.511 e. The van der Waals surface area contributed by atoms with Crippen molar-refractivity contribution in [2.75, 3.05) is 25.4 Å². The van der Waals surface area contributed by atoms with Crippen LogP contribution >= 0.6 is 11.8 Å². The Morgan fingerprint density at radius 3 is 2.72 bits per heavy atom. The van der Waals surface area contributed by atoms with Crippen LogP contribution in [0.3, 0.4) is 0 Å². The van der Waals surface area contributed by atoms with E-state index >= 15 is 0 Å². The van der Waals surface area contributed by atoms with Crippen molar-refractivity contribution in [3.63, 3.8) is 0 Å². The van der Waals surface area contributed by atoms with Crippen LogP contribution in [0.5, 0.6) is 0 Å². The van der Waals surface area contributed by atoms with Gasteiger partial charge in [0.05, 0.1) is 24.3 Å². The topological polar surface area (TPSA) is 96.1 Å².